The number of pyridine rings is 1. The molecule has 3 rings (SSSR count). The van der Waals surface area contributed by atoms with Gasteiger partial charge >= 0.3 is 5.97 Å². The topological polar surface area (TPSA) is 81.0 Å². The minimum atomic E-state index is -3.52. The Morgan fingerprint density at radius 1 is 1.12 bits per heavy atom. The summed E-state index contributed by atoms with van der Waals surface area (Å²) in [6.07, 6.45) is 3.75. The largest absolute Gasteiger partial charge is 0.456 e. The number of aryl methyl sites for hydroxylation is 1. The number of carbonyl (C=O) groups excluding carboxylic acids is 1. The van der Waals surface area contributed by atoms with Crippen molar-refractivity contribution in [3.63, 3.8) is 0 Å². The maximum atomic E-state index is 12.2. The van der Waals surface area contributed by atoms with Crippen molar-refractivity contribution in [2.24, 2.45) is 0 Å². The number of benzene rings is 1. The van der Waals surface area contributed by atoms with E-state index >= 15 is 0 Å². The Kier molecular flexibility index (Phi) is 4.80. The van der Waals surface area contributed by atoms with Crippen molar-refractivity contribution in [2.75, 3.05) is 14.1 Å². The van der Waals surface area contributed by atoms with E-state index in [-0.39, 0.29) is 17.1 Å². The molecule has 2 heterocycles. The Hall–Kier alpha value is -2.71. The van der Waals surface area contributed by atoms with Crippen LogP contribution in [-0.2, 0) is 21.4 Å². The molecule has 0 saturated carbocycles. The maximum absolute atomic E-state index is 12.2. The van der Waals surface area contributed by atoms with Crippen molar-refractivity contribution >= 4 is 21.6 Å². The van der Waals surface area contributed by atoms with Gasteiger partial charge in [0.1, 0.15) is 12.3 Å². The molecule has 0 radical (unpaired) electrons. The van der Waals surface area contributed by atoms with Crippen molar-refractivity contribution in [1.29, 1.82) is 0 Å². The molecule has 0 N–H and O–H groups in total. The average Bonchev–Trinajstić information content (AvgIpc) is 3.01. The van der Waals surface area contributed by atoms with E-state index in [9.17, 15) is 13.2 Å². The van der Waals surface area contributed by atoms with E-state index in [1.807, 2.05) is 35.9 Å². The molecule has 0 aliphatic rings. The van der Waals surface area contributed by atoms with E-state index in [0.717, 1.165) is 15.5 Å². The van der Waals surface area contributed by atoms with Gasteiger partial charge in [0.25, 0.3) is 0 Å². The smallest absolute Gasteiger partial charge is 0.338 e. The number of carbonyl (C=O) groups is 1. The second-order valence-corrected chi connectivity index (χ2v) is 8.24. The lowest BCUT2D eigenvalue weighted by Gasteiger charge is -2.11. The second kappa shape index (κ2) is 6.89. The van der Waals surface area contributed by atoms with Crippen LogP contribution in [0.5, 0.6) is 0 Å². The first-order valence-electron chi connectivity index (χ1n) is 7.91. The molecule has 136 valence electrons. The van der Waals surface area contributed by atoms with E-state index in [1.54, 1.807) is 0 Å². The summed E-state index contributed by atoms with van der Waals surface area (Å²) in [5.74, 6) is -0.535. The number of fused-ring (bicyclic) bond motifs is 1. The van der Waals surface area contributed by atoms with Crippen LogP contribution < -0.4 is 0 Å². The van der Waals surface area contributed by atoms with Crippen LogP contribution in [0.2, 0.25) is 0 Å². The highest BCUT2D eigenvalue weighted by Gasteiger charge is 2.18. The molecule has 2 aromatic heterocycles. The zero-order chi connectivity index (χ0) is 18.9. The van der Waals surface area contributed by atoms with Crippen LogP contribution in [-0.4, -0.2) is 42.2 Å². The Morgan fingerprint density at radius 2 is 1.81 bits per heavy atom. The minimum Gasteiger partial charge on any atom is -0.456 e. The second-order valence-electron chi connectivity index (χ2n) is 6.09. The summed E-state index contributed by atoms with van der Waals surface area (Å²) in [6, 6.07) is 9.50. The number of sulfonamides is 1. The molecule has 26 heavy (non-hydrogen) atoms. The summed E-state index contributed by atoms with van der Waals surface area (Å²) in [4.78, 5) is 16.7. The third-order valence-electron chi connectivity index (χ3n) is 3.87. The average molecular weight is 373 g/mol. The summed E-state index contributed by atoms with van der Waals surface area (Å²) >= 11 is 0. The normalized spacial score (nSPS) is 11.8. The fraction of sp³-hybridized carbons (Fsp3) is 0.222. The van der Waals surface area contributed by atoms with Gasteiger partial charge in [-0.25, -0.2) is 22.5 Å². The summed E-state index contributed by atoms with van der Waals surface area (Å²) in [7, 11) is -0.620. The zero-order valence-electron chi connectivity index (χ0n) is 14.7. The maximum Gasteiger partial charge on any atom is 0.338 e. The van der Waals surface area contributed by atoms with E-state index in [1.165, 1.54) is 38.4 Å². The minimum absolute atomic E-state index is 0.0390. The number of nitrogens with zero attached hydrogens (tertiary/aromatic N) is 3. The summed E-state index contributed by atoms with van der Waals surface area (Å²) < 4.78 is 32.3. The lowest BCUT2D eigenvalue weighted by molar-refractivity contribution is 0.0468. The van der Waals surface area contributed by atoms with Crippen molar-refractivity contribution in [3.05, 3.63) is 65.6 Å². The van der Waals surface area contributed by atoms with E-state index in [2.05, 4.69) is 4.98 Å². The molecular weight excluding hydrogens is 354 g/mol. The highest BCUT2D eigenvalue weighted by molar-refractivity contribution is 7.89. The molecule has 0 aliphatic carbocycles. The molecule has 8 heteroatoms. The first kappa shape index (κ1) is 18.1. The molecule has 0 unspecified atom stereocenters. The molecule has 0 aliphatic heterocycles. The van der Waals surface area contributed by atoms with Crippen molar-refractivity contribution < 1.29 is 17.9 Å². The van der Waals surface area contributed by atoms with Gasteiger partial charge in [-0.05, 0) is 42.8 Å². The molecule has 0 bridgehead atoms. The fourth-order valence-electron chi connectivity index (χ4n) is 2.42. The molecule has 0 saturated heterocycles. The number of ether oxygens (including phenoxy) is 1. The first-order chi connectivity index (χ1) is 12.3. The van der Waals surface area contributed by atoms with E-state index < -0.39 is 16.0 Å². The standard InChI is InChI=1S/C18H19N3O4S/c1-13-4-9-17-19-15(11-21(17)10-13)12-25-18(22)14-5-7-16(8-6-14)26(23,24)20(2)3/h4-11H,12H2,1-3H3. The highest BCUT2D eigenvalue weighted by Crippen LogP contribution is 2.15. The molecule has 0 fully saturated rings. The molecule has 3 aromatic rings. The van der Waals surface area contributed by atoms with Gasteiger partial charge in [0.05, 0.1) is 16.2 Å². The molecular formula is C18H19N3O4S. The van der Waals surface area contributed by atoms with Crippen LogP contribution in [0.4, 0.5) is 0 Å². The monoisotopic (exact) mass is 373 g/mol. The number of rotatable bonds is 5. The van der Waals surface area contributed by atoms with Crippen LogP contribution in [0.1, 0.15) is 21.6 Å². The lowest BCUT2D eigenvalue weighted by atomic mass is 10.2. The van der Waals surface area contributed by atoms with Crippen LogP contribution in [0.25, 0.3) is 5.65 Å². The van der Waals surface area contributed by atoms with Gasteiger partial charge in [-0.3, -0.25) is 0 Å². The first-order valence-corrected chi connectivity index (χ1v) is 9.35. The molecule has 0 spiro atoms. The number of hydrogen-bond acceptors (Lipinski definition) is 5. The van der Waals surface area contributed by atoms with Gasteiger partial charge in [0.2, 0.25) is 10.0 Å². The summed E-state index contributed by atoms with van der Waals surface area (Å²) in [6.45, 7) is 2.02. The van der Waals surface area contributed by atoms with Crippen molar-refractivity contribution in [1.82, 2.24) is 13.7 Å². The number of imidazole rings is 1. The van der Waals surface area contributed by atoms with Gasteiger partial charge in [-0.15, -0.1) is 0 Å². The Bertz CT molecular complexity index is 1050. The van der Waals surface area contributed by atoms with Gasteiger partial charge in [-0.2, -0.15) is 0 Å². The predicted octanol–water partition coefficient (Wildman–Crippen LogP) is 2.25. The van der Waals surface area contributed by atoms with E-state index in [0.29, 0.717) is 5.69 Å². The third-order valence-corrected chi connectivity index (χ3v) is 5.70. The zero-order valence-corrected chi connectivity index (χ0v) is 15.5. The van der Waals surface area contributed by atoms with Crippen LogP contribution in [0.15, 0.2) is 53.7 Å². The molecule has 1 aromatic carbocycles. The predicted molar refractivity (Wildman–Crippen MR) is 96.4 cm³/mol. The van der Waals surface area contributed by atoms with Crippen LogP contribution in [0.3, 0.4) is 0 Å². The van der Waals surface area contributed by atoms with Gasteiger partial charge in [-0.1, -0.05) is 6.07 Å². The van der Waals surface area contributed by atoms with Crippen LogP contribution in [0, 0.1) is 6.92 Å². The Labute approximate surface area is 151 Å². The molecule has 0 amide bonds. The SMILES string of the molecule is Cc1ccc2nc(COC(=O)c3ccc(S(=O)(=O)N(C)C)cc3)cn2c1. The quantitative estimate of drug-likeness (QED) is 0.641. The fourth-order valence-corrected chi connectivity index (χ4v) is 3.32. The van der Waals surface area contributed by atoms with Crippen molar-refractivity contribution in [3.8, 4) is 0 Å². The Morgan fingerprint density at radius 3 is 2.46 bits per heavy atom. The van der Waals surface area contributed by atoms with E-state index in [4.69, 9.17) is 4.74 Å². The third kappa shape index (κ3) is 3.61. The van der Waals surface area contributed by atoms with Crippen molar-refractivity contribution in [2.45, 2.75) is 18.4 Å². The lowest BCUT2D eigenvalue weighted by Crippen LogP contribution is -2.22. The number of hydrogen-bond donors (Lipinski definition) is 0. The van der Waals surface area contributed by atoms with Gasteiger partial charge < -0.3 is 9.14 Å². The Balaban J connectivity index is 1.69. The highest BCUT2D eigenvalue weighted by atomic mass is 32.2. The summed E-state index contributed by atoms with van der Waals surface area (Å²) in [5, 5.41) is 0. The van der Waals surface area contributed by atoms with Crippen LogP contribution >= 0.6 is 0 Å². The summed E-state index contributed by atoms with van der Waals surface area (Å²) in [5.41, 5.74) is 2.80. The number of esters is 1. The molecule has 0 atom stereocenters. The van der Waals surface area contributed by atoms with Gasteiger partial charge in [0.15, 0.2) is 0 Å². The molecule has 7 nitrogen and oxygen atoms in total. The number of aromatic nitrogens is 2. The van der Waals surface area contributed by atoms with Gasteiger partial charge in [0, 0.05) is 26.5 Å².